The molecule has 0 fully saturated rings. The van der Waals surface area contributed by atoms with E-state index < -0.39 is 27.7 Å². The molecule has 35 heavy (non-hydrogen) atoms. The van der Waals surface area contributed by atoms with Gasteiger partial charge in [0.1, 0.15) is 10.7 Å². The number of carbonyl (C=O) groups is 2. The summed E-state index contributed by atoms with van der Waals surface area (Å²) >= 11 is 0. The number of benzene rings is 3. The van der Waals surface area contributed by atoms with Gasteiger partial charge in [-0.3, -0.25) is 9.59 Å². The van der Waals surface area contributed by atoms with E-state index in [1.54, 1.807) is 36.4 Å². The number of amides is 2. The minimum atomic E-state index is -4.03. The minimum Gasteiger partial charge on any atom is -0.322 e. The molecule has 0 spiro atoms. The normalized spacial score (nSPS) is 15.1. The standard InChI is InChI=1S/C27H25FN2O4S/c1-17(2)20-8-10-21(11-9-20)25-18(3)27(32)30(35(25,33)34)16-19-4-6-22(7-5-19)26(31)29-24-14-12-23(28)13-15-24/h4-15,17H,16H2,1-3H3,(H,29,31). The molecule has 1 heterocycles. The van der Waals surface area contributed by atoms with Crippen molar-refractivity contribution in [1.82, 2.24) is 4.31 Å². The molecule has 1 N–H and O–H groups in total. The van der Waals surface area contributed by atoms with Crippen LogP contribution >= 0.6 is 0 Å². The number of sulfonamides is 1. The van der Waals surface area contributed by atoms with Crippen LogP contribution in [-0.2, 0) is 21.4 Å². The lowest BCUT2D eigenvalue weighted by Gasteiger charge is -2.17. The first-order valence-electron chi connectivity index (χ1n) is 11.1. The number of nitrogens with zero attached hydrogens (tertiary/aromatic N) is 1. The van der Waals surface area contributed by atoms with Gasteiger partial charge < -0.3 is 5.32 Å². The third-order valence-electron chi connectivity index (χ3n) is 5.92. The number of rotatable bonds is 6. The summed E-state index contributed by atoms with van der Waals surface area (Å²) in [7, 11) is -4.03. The second-order valence-electron chi connectivity index (χ2n) is 8.71. The van der Waals surface area contributed by atoms with Crippen LogP contribution in [-0.4, -0.2) is 24.5 Å². The van der Waals surface area contributed by atoms with E-state index in [-0.39, 0.29) is 17.0 Å². The fraction of sp³-hybridized carbons (Fsp3) is 0.185. The molecule has 2 amide bonds. The van der Waals surface area contributed by atoms with Crippen LogP contribution in [0, 0.1) is 5.82 Å². The van der Waals surface area contributed by atoms with Gasteiger partial charge in [-0.05, 0) is 65.9 Å². The van der Waals surface area contributed by atoms with Gasteiger partial charge >= 0.3 is 0 Å². The molecule has 4 rings (SSSR count). The fourth-order valence-electron chi connectivity index (χ4n) is 3.90. The maximum absolute atomic E-state index is 13.3. The highest BCUT2D eigenvalue weighted by Crippen LogP contribution is 2.36. The first kappa shape index (κ1) is 24.3. The van der Waals surface area contributed by atoms with Crippen molar-refractivity contribution < 1.29 is 22.4 Å². The van der Waals surface area contributed by atoms with Gasteiger partial charge in [0.25, 0.3) is 21.8 Å². The summed E-state index contributed by atoms with van der Waals surface area (Å²) in [6.45, 7) is 5.48. The van der Waals surface area contributed by atoms with Crippen molar-refractivity contribution >= 4 is 32.4 Å². The molecule has 3 aromatic carbocycles. The molecule has 180 valence electrons. The van der Waals surface area contributed by atoms with E-state index in [1.165, 1.54) is 31.2 Å². The summed E-state index contributed by atoms with van der Waals surface area (Å²) in [5.74, 6) is -1.05. The summed E-state index contributed by atoms with van der Waals surface area (Å²) < 4.78 is 40.5. The van der Waals surface area contributed by atoms with Crippen molar-refractivity contribution in [3.63, 3.8) is 0 Å². The van der Waals surface area contributed by atoms with E-state index >= 15 is 0 Å². The summed E-state index contributed by atoms with van der Waals surface area (Å²) in [5.41, 5.74) is 3.09. The molecule has 3 aromatic rings. The van der Waals surface area contributed by atoms with Crippen molar-refractivity contribution in [1.29, 1.82) is 0 Å². The summed E-state index contributed by atoms with van der Waals surface area (Å²) in [4.78, 5) is 25.4. The van der Waals surface area contributed by atoms with Crippen molar-refractivity contribution in [2.24, 2.45) is 0 Å². The molecule has 0 bridgehead atoms. The van der Waals surface area contributed by atoms with Crippen LogP contribution in [0.5, 0.6) is 0 Å². The van der Waals surface area contributed by atoms with Crippen molar-refractivity contribution in [2.75, 3.05) is 5.32 Å². The molecular formula is C27H25FN2O4S. The molecule has 0 saturated heterocycles. The molecule has 1 aliphatic heterocycles. The van der Waals surface area contributed by atoms with Crippen LogP contribution in [0.15, 0.2) is 78.4 Å². The van der Waals surface area contributed by atoms with Gasteiger partial charge in [-0.25, -0.2) is 17.1 Å². The highest BCUT2D eigenvalue weighted by atomic mass is 32.2. The van der Waals surface area contributed by atoms with Gasteiger partial charge in [-0.2, -0.15) is 0 Å². The SMILES string of the molecule is CC1=C(c2ccc(C(C)C)cc2)S(=O)(=O)N(Cc2ccc(C(=O)Nc3ccc(F)cc3)cc2)C1=O. The van der Waals surface area contributed by atoms with Gasteiger partial charge in [0.2, 0.25) is 0 Å². The van der Waals surface area contributed by atoms with Crippen LogP contribution in [0.3, 0.4) is 0 Å². The van der Waals surface area contributed by atoms with Gasteiger partial charge in [0.15, 0.2) is 0 Å². The topological polar surface area (TPSA) is 83.6 Å². The van der Waals surface area contributed by atoms with Crippen LogP contribution in [0.1, 0.15) is 53.7 Å². The van der Waals surface area contributed by atoms with E-state index in [1.807, 2.05) is 12.1 Å². The molecule has 0 unspecified atom stereocenters. The Morgan fingerprint density at radius 1 is 0.943 bits per heavy atom. The van der Waals surface area contributed by atoms with E-state index in [0.717, 1.165) is 9.87 Å². The van der Waals surface area contributed by atoms with Crippen LogP contribution in [0.2, 0.25) is 0 Å². The van der Waals surface area contributed by atoms with Crippen LogP contribution < -0.4 is 5.32 Å². The fourth-order valence-corrected chi connectivity index (χ4v) is 5.71. The maximum Gasteiger partial charge on any atom is 0.268 e. The Kier molecular flexibility index (Phi) is 6.58. The number of nitrogens with one attached hydrogen (secondary N) is 1. The highest BCUT2D eigenvalue weighted by molar-refractivity contribution is 7.99. The van der Waals surface area contributed by atoms with Gasteiger partial charge in [-0.15, -0.1) is 0 Å². The Balaban J connectivity index is 1.51. The Morgan fingerprint density at radius 3 is 2.11 bits per heavy atom. The zero-order chi connectivity index (χ0) is 25.3. The average Bonchev–Trinajstić information content (AvgIpc) is 3.00. The number of carbonyl (C=O) groups excluding carboxylic acids is 2. The van der Waals surface area contributed by atoms with Crippen LogP contribution in [0.4, 0.5) is 10.1 Å². The van der Waals surface area contributed by atoms with Crippen molar-refractivity contribution in [3.05, 3.63) is 106 Å². The second kappa shape index (κ2) is 9.46. The molecule has 6 nitrogen and oxygen atoms in total. The highest BCUT2D eigenvalue weighted by Gasteiger charge is 2.42. The summed E-state index contributed by atoms with van der Waals surface area (Å²) in [5, 5.41) is 2.67. The van der Waals surface area contributed by atoms with E-state index in [9.17, 15) is 22.4 Å². The zero-order valence-electron chi connectivity index (χ0n) is 19.6. The number of anilines is 1. The Labute approximate surface area is 204 Å². The van der Waals surface area contributed by atoms with Gasteiger partial charge in [0, 0.05) is 16.8 Å². The predicted octanol–water partition coefficient (Wildman–Crippen LogP) is 5.30. The molecule has 8 heteroatoms. The molecule has 0 radical (unpaired) electrons. The van der Waals surface area contributed by atoms with Gasteiger partial charge in [-0.1, -0.05) is 50.2 Å². The Morgan fingerprint density at radius 2 is 1.54 bits per heavy atom. The predicted molar refractivity (Wildman–Crippen MR) is 133 cm³/mol. The van der Waals surface area contributed by atoms with Crippen molar-refractivity contribution in [2.45, 2.75) is 33.2 Å². The second-order valence-corrected chi connectivity index (χ2v) is 10.5. The third-order valence-corrected chi connectivity index (χ3v) is 7.85. The minimum absolute atomic E-state index is 0.0214. The third kappa shape index (κ3) is 4.88. The first-order valence-corrected chi connectivity index (χ1v) is 12.6. The average molecular weight is 493 g/mol. The monoisotopic (exact) mass is 492 g/mol. The molecule has 0 aromatic heterocycles. The molecule has 1 aliphatic rings. The smallest absolute Gasteiger partial charge is 0.268 e. The van der Waals surface area contributed by atoms with Gasteiger partial charge in [0.05, 0.1) is 6.54 Å². The van der Waals surface area contributed by atoms with Crippen LogP contribution in [0.25, 0.3) is 4.91 Å². The van der Waals surface area contributed by atoms with E-state index in [4.69, 9.17) is 0 Å². The van der Waals surface area contributed by atoms with E-state index in [2.05, 4.69) is 19.2 Å². The summed E-state index contributed by atoms with van der Waals surface area (Å²) in [6.07, 6.45) is 0. The molecule has 0 saturated carbocycles. The Bertz CT molecular complexity index is 1410. The quantitative estimate of drug-likeness (QED) is 0.506. The first-order chi connectivity index (χ1) is 16.6. The molecule has 0 atom stereocenters. The lowest BCUT2D eigenvalue weighted by molar-refractivity contribution is -0.122. The van der Waals surface area contributed by atoms with E-state index in [0.29, 0.717) is 28.3 Å². The molecule has 0 aliphatic carbocycles. The summed E-state index contributed by atoms with van der Waals surface area (Å²) in [6, 6.07) is 18.9. The maximum atomic E-state index is 13.3. The Hall–Kier alpha value is -3.78. The largest absolute Gasteiger partial charge is 0.322 e. The lowest BCUT2D eigenvalue weighted by Crippen LogP contribution is -2.30. The molecular weight excluding hydrogens is 467 g/mol. The number of halogens is 1. The lowest BCUT2D eigenvalue weighted by atomic mass is 10.0. The number of hydrogen-bond donors (Lipinski definition) is 1. The van der Waals surface area contributed by atoms with Crippen molar-refractivity contribution in [3.8, 4) is 0 Å². The number of hydrogen-bond acceptors (Lipinski definition) is 4. The zero-order valence-corrected chi connectivity index (χ0v) is 20.4.